The molecule has 0 aliphatic carbocycles. The van der Waals surface area contributed by atoms with Crippen molar-refractivity contribution in [2.75, 3.05) is 19.1 Å². The first-order valence-electron chi connectivity index (χ1n) is 6.35. The molecule has 0 bridgehead atoms. The lowest BCUT2D eigenvalue weighted by atomic mass is 10.2. The van der Waals surface area contributed by atoms with Gasteiger partial charge in [0, 0.05) is 38.2 Å². The van der Waals surface area contributed by atoms with Crippen LogP contribution in [0, 0.1) is 10.1 Å². The second kappa shape index (κ2) is 6.61. The Morgan fingerprint density at radius 2 is 2.09 bits per heavy atom. The van der Waals surface area contributed by atoms with Crippen LogP contribution in [0.2, 0.25) is 0 Å². The summed E-state index contributed by atoms with van der Waals surface area (Å²) < 4.78 is 4.54. The third-order valence-electron chi connectivity index (χ3n) is 3.00. The Morgan fingerprint density at radius 1 is 1.41 bits per heavy atom. The van der Waals surface area contributed by atoms with Crippen molar-refractivity contribution < 1.29 is 14.5 Å². The number of nitrogens with zero attached hydrogens (tertiary/aromatic N) is 4. The molecule has 8 nitrogen and oxygen atoms in total. The van der Waals surface area contributed by atoms with Crippen molar-refractivity contribution in [3.63, 3.8) is 0 Å². The fourth-order valence-electron chi connectivity index (χ4n) is 1.94. The smallest absolute Gasteiger partial charge is 0.339 e. The molecule has 2 aromatic rings. The number of ether oxygens (including phenoxy) is 1. The average Bonchev–Trinajstić information content (AvgIpc) is 2.54. The Hall–Kier alpha value is -3.03. The number of carbonyl (C=O) groups excluding carboxylic acids is 1. The maximum atomic E-state index is 11.5. The lowest BCUT2D eigenvalue weighted by Gasteiger charge is -2.18. The molecule has 2 rings (SSSR count). The van der Waals surface area contributed by atoms with E-state index in [1.54, 1.807) is 24.3 Å². The minimum atomic E-state index is -0.668. The van der Waals surface area contributed by atoms with Gasteiger partial charge in [0.05, 0.1) is 17.6 Å². The molecule has 0 amide bonds. The summed E-state index contributed by atoms with van der Waals surface area (Å²) in [6.07, 6.45) is 4.55. The Bertz CT molecular complexity index is 690. The van der Waals surface area contributed by atoms with E-state index in [0.717, 1.165) is 11.6 Å². The molecule has 0 unspecified atom stereocenters. The zero-order valence-corrected chi connectivity index (χ0v) is 12.1. The van der Waals surface area contributed by atoms with Gasteiger partial charge in [0.15, 0.2) is 0 Å². The zero-order chi connectivity index (χ0) is 16.1. The Morgan fingerprint density at radius 3 is 2.68 bits per heavy atom. The van der Waals surface area contributed by atoms with E-state index in [1.807, 2.05) is 12.1 Å². The van der Waals surface area contributed by atoms with Crippen LogP contribution in [0.4, 0.5) is 11.5 Å². The molecule has 0 aliphatic heterocycles. The first-order valence-corrected chi connectivity index (χ1v) is 6.35. The van der Waals surface area contributed by atoms with Crippen LogP contribution in [0.25, 0.3) is 0 Å². The standard InChI is InChI=1S/C14H14N4O4/c1-17(9-10-3-5-15-6-4-10)13-12(18(20)21)7-11(8-16-13)14(19)22-2/h3-8H,9H2,1-2H3. The van der Waals surface area contributed by atoms with Gasteiger partial charge in [-0.3, -0.25) is 15.1 Å². The molecule has 0 saturated carbocycles. The van der Waals surface area contributed by atoms with Gasteiger partial charge >= 0.3 is 11.7 Å². The molecule has 8 heteroatoms. The molecular weight excluding hydrogens is 288 g/mol. The Labute approximate surface area is 126 Å². The van der Waals surface area contributed by atoms with E-state index < -0.39 is 10.9 Å². The molecule has 22 heavy (non-hydrogen) atoms. The highest BCUT2D eigenvalue weighted by Crippen LogP contribution is 2.27. The summed E-state index contributed by atoms with van der Waals surface area (Å²) >= 11 is 0. The zero-order valence-electron chi connectivity index (χ0n) is 12.1. The molecule has 0 saturated heterocycles. The van der Waals surface area contributed by atoms with E-state index in [0.29, 0.717) is 6.54 Å². The summed E-state index contributed by atoms with van der Waals surface area (Å²) in [5.74, 6) is -0.492. The van der Waals surface area contributed by atoms with E-state index in [9.17, 15) is 14.9 Å². The normalized spacial score (nSPS) is 10.1. The Balaban J connectivity index is 2.33. The van der Waals surface area contributed by atoms with Gasteiger partial charge in [0.25, 0.3) is 0 Å². The predicted molar refractivity (Wildman–Crippen MR) is 78.6 cm³/mol. The van der Waals surface area contributed by atoms with E-state index in [-0.39, 0.29) is 17.1 Å². The molecular formula is C14H14N4O4. The van der Waals surface area contributed by atoms with Crippen LogP contribution in [0.15, 0.2) is 36.8 Å². The summed E-state index contributed by atoms with van der Waals surface area (Å²) in [6, 6.07) is 4.79. The number of rotatable bonds is 5. The van der Waals surface area contributed by atoms with Gasteiger partial charge in [0.1, 0.15) is 0 Å². The monoisotopic (exact) mass is 302 g/mol. The molecule has 0 spiro atoms. The first-order chi connectivity index (χ1) is 10.5. The number of carbonyl (C=O) groups is 1. The number of aromatic nitrogens is 2. The van der Waals surface area contributed by atoms with E-state index in [1.165, 1.54) is 13.3 Å². The fourth-order valence-corrected chi connectivity index (χ4v) is 1.94. The van der Waals surface area contributed by atoms with Crippen LogP contribution in [-0.2, 0) is 11.3 Å². The van der Waals surface area contributed by atoms with Gasteiger partial charge < -0.3 is 9.64 Å². The topological polar surface area (TPSA) is 98.5 Å². The largest absolute Gasteiger partial charge is 0.465 e. The summed E-state index contributed by atoms with van der Waals surface area (Å²) in [7, 11) is 2.89. The summed E-state index contributed by atoms with van der Waals surface area (Å²) in [5, 5.41) is 11.2. The second-order valence-electron chi connectivity index (χ2n) is 4.53. The lowest BCUT2D eigenvalue weighted by Crippen LogP contribution is -2.19. The van der Waals surface area contributed by atoms with Gasteiger partial charge in [-0.25, -0.2) is 9.78 Å². The van der Waals surface area contributed by atoms with Crippen LogP contribution in [0.3, 0.4) is 0 Å². The minimum Gasteiger partial charge on any atom is -0.465 e. The van der Waals surface area contributed by atoms with Crippen molar-refractivity contribution in [2.45, 2.75) is 6.54 Å². The van der Waals surface area contributed by atoms with Crippen molar-refractivity contribution in [3.05, 3.63) is 58.0 Å². The van der Waals surface area contributed by atoms with Crippen molar-refractivity contribution >= 4 is 17.5 Å². The molecule has 0 N–H and O–H groups in total. The third-order valence-corrected chi connectivity index (χ3v) is 3.00. The molecule has 0 aliphatic rings. The molecule has 114 valence electrons. The quantitative estimate of drug-likeness (QED) is 0.472. The van der Waals surface area contributed by atoms with Gasteiger partial charge in [-0.15, -0.1) is 0 Å². The van der Waals surface area contributed by atoms with Crippen molar-refractivity contribution in [3.8, 4) is 0 Å². The maximum absolute atomic E-state index is 11.5. The average molecular weight is 302 g/mol. The highest BCUT2D eigenvalue weighted by molar-refractivity contribution is 5.90. The summed E-state index contributed by atoms with van der Waals surface area (Å²) in [6.45, 7) is 0.425. The predicted octanol–water partition coefficient (Wildman–Crippen LogP) is 1.81. The molecule has 0 radical (unpaired) electrons. The van der Waals surface area contributed by atoms with Gasteiger partial charge in [-0.2, -0.15) is 0 Å². The second-order valence-corrected chi connectivity index (χ2v) is 4.53. The number of hydrogen-bond acceptors (Lipinski definition) is 7. The van der Waals surface area contributed by atoms with Crippen LogP contribution in [0.1, 0.15) is 15.9 Å². The number of anilines is 1. The lowest BCUT2D eigenvalue weighted by molar-refractivity contribution is -0.384. The number of hydrogen-bond donors (Lipinski definition) is 0. The number of nitro groups is 1. The third kappa shape index (κ3) is 3.35. The minimum absolute atomic E-state index is 0.0373. The van der Waals surface area contributed by atoms with E-state index >= 15 is 0 Å². The summed E-state index contributed by atoms with van der Waals surface area (Å²) in [5.41, 5.74) is 0.723. The SMILES string of the molecule is COC(=O)c1cnc(N(C)Cc2ccncc2)c([N+](=O)[O-])c1. The maximum Gasteiger partial charge on any atom is 0.339 e. The van der Waals surface area contributed by atoms with Crippen LogP contribution in [0.5, 0.6) is 0 Å². The van der Waals surface area contributed by atoms with E-state index in [2.05, 4.69) is 14.7 Å². The van der Waals surface area contributed by atoms with Gasteiger partial charge in [-0.1, -0.05) is 0 Å². The molecule has 0 fully saturated rings. The highest BCUT2D eigenvalue weighted by Gasteiger charge is 2.22. The fraction of sp³-hybridized carbons (Fsp3) is 0.214. The highest BCUT2D eigenvalue weighted by atomic mass is 16.6. The van der Waals surface area contributed by atoms with Crippen LogP contribution >= 0.6 is 0 Å². The molecule has 2 aromatic heterocycles. The van der Waals surface area contributed by atoms with Gasteiger partial charge in [-0.05, 0) is 17.7 Å². The van der Waals surface area contributed by atoms with E-state index in [4.69, 9.17) is 0 Å². The molecule has 2 heterocycles. The number of methoxy groups -OCH3 is 1. The van der Waals surface area contributed by atoms with Crippen molar-refractivity contribution in [1.29, 1.82) is 0 Å². The first kappa shape index (κ1) is 15.4. The number of pyridine rings is 2. The molecule has 0 atom stereocenters. The number of esters is 1. The molecule has 0 aromatic carbocycles. The van der Waals surface area contributed by atoms with Crippen LogP contribution in [-0.4, -0.2) is 35.0 Å². The van der Waals surface area contributed by atoms with Gasteiger partial charge in [0.2, 0.25) is 5.82 Å². The van der Waals surface area contributed by atoms with Crippen molar-refractivity contribution in [1.82, 2.24) is 9.97 Å². The summed E-state index contributed by atoms with van der Waals surface area (Å²) in [4.78, 5) is 31.7. The Kier molecular flexibility index (Phi) is 4.62. The van der Waals surface area contributed by atoms with Crippen LogP contribution < -0.4 is 4.90 Å². The van der Waals surface area contributed by atoms with Crippen molar-refractivity contribution in [2.24, 2.45) is 0 Å².